The van der Waals surface area contributed by atoms with Crippen molar-refractivity contribution in [3.8, 4) is 0 Å². The van der Waals surface area contributed by atoms with Crippen LogP contribution in [-0.4, -0.2) is 16.7 Å². The third-order valence-electron chi connectivity index (χ3n) is 2.68. The van der Waals surface area contributed by atoms with Gasteiger partial charge in [0.1, 0.15) is 5.82 Å². The summed E-state index contributed by atoms with van der Waals surface area (Å²) in [5.41, 5.74) is 0.536. The van der Waals surface area contributed by atoms with Gasteiger partial charge < -0.3 is 15.1 Å². The van der Waals surface area contributed by atoms with Crippen LogP contribution in [0.3, 0.4) is 0 Å². The Bertz CT molecular complexity index is 575. The number of rotatable bonds is 6. The van der Waals surface area contributed by atoms with Crippen LogP contribution in [0.2, 0.25) is 0 Å². The summed E-state index contributed by atoms with van der Waals surface area (Å²) in [6.45, 7) is 4.91. The van der Waals surface area contributed by atoms with Crippen LogP contribution < -0.4 is 10.6 Å². The summed E-state index contributed by atoms with van der Waals surface area (Å²) in [5.74, 6) is 0.155. The number of halogens is 2. The van der Waals surface area contributed by atoms with Crippen molar-refractivity contribution in [2.75, 3.05) is 11.9 Å². The maximum Gasteiger partial charge on any atom is 0.320 e. The Labute approximate surface area is 125 Å². The Balaban J connectivity index is 2.07. The van der Waals surface area contributed by atoms with Gasteiger partial charge >= 0.3 is 6.01 Å². The zero-order chi connectivity index (χ0) is 14.5. The molecule has 0 radical (unpaired) electrons. The van der Waals surface area contributed by atoms with Crippen molar-refractivity contribution < 1.29 is 8.81 Å². The van der Waals surface area contributed by atoms with E-state index in [2.05, 4.69) is 43.7 Å². The van der Waals surface area contributed by atoms with E-state index in [0.29, 0.717) is 11.6 Å². The van der Waals surface area contributed by atoms with Gasteiger partial charge in [0.15, 0.2) is 0 Å². The van der Waals surface area contributed by atoms with Gasteiger partial charge in [-0.3, -0.25) is 0 Å². The van der Waals surface area contributed by atoms with Gasteiger partial charge in [0.05, 0.1) is 11.7 Å². The Morgan fingerprint density at radius 1 is 1.40 bits per heavy atom. The van der Waals surface area contributed by atoms with Crippen molar-refractivity contribution in [3.63, 3.8) is 0 Å². The predicted molar refractivity (Wildman–Crippen MR) is 78.4 cm³/mol. The van der Waals surface area contributed by atoms with Gasteiger partial charge in [-0.25, -0.2) is 4.39 Å². The topological polar surface area (TPSA) is 63.0 Å². The van der Waals surface area contributed by atoms with E-state index in [0.717, 1.165) is 17.4 Å². The molecule has 0 bridgehead atoms. The molecule has 0 spiro atoms. The van der Waals surface area contributed by atoms with Crippen molar-refractivity contribution in [2.24, 2.45) is 0 Å². The van der Waals surface area contributed by atoms with Crippen LogP contribution in [0.1, 0.15) is 32.2 Å². The highest BCUT2D eigenvalue weighted by atomic mass is 79.9. The third kappa shape index (κ3) is 3.77. The third-order valence-corrected chi connectivity index (χ3v) is 3.37. The van der Waals surface area contributed by atoms with Crippen molar-refractivity contribution in [1.29, 1.82) is 0 Å². The van der Waals surface area contributed by atoms with E-state index in [9.17, 15) is 4.39 Å². The lowest BCUT2D eigenvalue weighted by Gasteiger charge is -2.07. The average Bonchev–Trinajstić information content (AvgIpc) is 2.89. The molecule has 1 atom stereocenters. The monoisotopic (exact) mass is 342 g/mol. The molecule has 1 aromatic heterocycles. The van der Waals surface area contributed by atoms with Gasteiger partial charge in [-0.2, -0.15) is 0 Å². The molecule has 0 saturated carbocycles. The molecule has 1 unspecified atom stereocenters. The van der Waals surface area contributed by atoms with Crippen molar-refractivity contribution in [1.82, 2.24) is 15.5 Å². The van der Waals surface area contributed by atoms with Crippen LogP contribution in [0.15, 0.2) is 27.1 Å². The van der Waals surface area contributed by atoms with Gasteiger partial charge in [-0.1, -0.05) is 12.0 Å². The second-order valence-corrected chi connectivity index (χ2v) is 5.22. The maximum atomic E-state index is 13.2. The second-order valence-electron chi connectivity index (χ2n) is 4.37. The largest absolute Gasteiger partial charge is 0.406 e. The molecule has 108 valence electrons. The fraction of sp³-hybridized carbons (Fsp3) is 0.385. The zero-order valence-electron chi connectivity index (χ0n) is 11.3. The fourth-order valence-corrected chi connectivity index (χ4v) is 1.96. The summed E-state index contributed by atoms with van der Waals surface area (Å²) in [4.78, 5) is 0. The summed E-state index contributed by atoms with van der Waals surface area (Å²) < 4.78 is 19.4. The number of benzene rings is 1. The summed E-state index contributed by atoms with van der Waals surface area (Å²) >= 11 is 3.33. The Kier molecular flexibility index (Phi) is 5.08. The van der Waals surface area contributed by atoms with Crippen LogP contribution >= 0.6 is 15.9 Å². The van der Waals surface area contributed by atoms with E-state index >= 15 is 0 Å². The van der Waals surface area contributed by atoms with Crippen molar-refractivity contribution in [2.45, 2.75) is 26.3 Å². The fourth-order valence-electron chi connectivity index (χ4n) is 1.62. The summed E-state index contributed by atoms with van der Waals surface area (Å²) in [5, 5.41) is 14.0. The first kappa shape index (κ1) is 14.9. The number of nitrogens with one attached hydrogen (secondary N) is 2. The normalized spacial score (nSPS) is 12.4. The molecule has 0 fully saturated rings. The molecule has 0 aliphatic rings. The molecule has 0 saturated heterocycles. The van der Waals surface area contributed by atoms with E-state index in [4.69, 9.17) is 4.42 Å². The van der Waals surface area contributed by atoms with Crippen molar-refractivity contribution in [3.05, 3.63) is 34.4 Å². The van der Waals surface area contributed by atoms with Gasteiger partial charge in [-0.05, 0) is 54.0 Å². The molecular formula is C13H16BrFN4O. The highest BCUT2D eigenvalue weighted by Gasteiger charge is 2.14. The highest BCUT2D eigenvalue weighted by Crippen LogP contribution is 2.26. The molecule has 1 aromatic carbocycles. The Morgan fingerprint density at radius 2 is 2.20 bits per heavy atom. The van der Waals surface area contributed by atoms with E-state index in [1.165, 1.54) is 12.1 Å². The van der Waals surface area contributed by atoms with Crippen LogP contribution in [0.4, 0.5) is 16.1 Å². The Morgan fingerprint density at radius 3 is 2.95 bits per heavy atom. The lowest BCUT2D eigenvalue weighted by atomic mass is 10.3. The summed E-state index contributed by atoms with van der Waals surface area (Å²) in [6, 6.07) is 4.55. The minimum absolute atomic E-state index is 0.0195. The van der Waals surface area contributed by atoms with E-state index in [-0.39, 0.29) is 17.9 Å². The molecule has 0 aliphatic carbocycles. The average molecular weight is 343 g/mol. The minimum Gasteiger partial charge on any atom is -0.406 e. The molecule has 7 heteroatoms. The molecule has 0 amide bonds. The number of nitrogens with zero attached hydrogens (tertiary/aromatic N) is 2. The molecule has 2 aromatic rings. The van der Waals surface area contributed by atoms with Crippen LogP contribution in [-0.2, 0) is 0 Å². The second kappa shape index (κ2) is 6.81. The number of aromatic nitrogens is 2. The van der Waals surface area contributed by atoms with E-state index in [1.54, 1.807) is 6.07 Å². The number of hydrogen-bond acceptors (Lipinski definition) is 5. The smallest absolute Gasteiger partial charge is 0.320 e. The van der Waals surface area contributed by atoms with Gasteiger partial charge in [0.2, 0.25) is 5.89 Å². The van der Waals surface area contributed by atoms with Crippen LogP contribution in [0, 0.1) is 5.82 Å². The predicted octanol–water partition coefficient (Wildman–Crippen LogP) is 3.78. The van der Waals surface area contributed by atoms with Gasteiger partial charge in [0.25, 0.3) is 0 Å². The molecule has 20 heavy (non-hydrogen) atoms. The number of anilines is 2. The molecule has 5 nitrogen and oxygen atoms in total. The standard InChI is InChI=1S/C13H16BrFN4O/c1-3-6-16-8(2)12-18-19-13(20-12)17-11-7-9(15)4-5-10(11)14/h4-5,7-8,16H,3,6H2,1-2H3,(H,17,19). The Hall–Kier alpha value is -1.47. The lowest BCUT2D eigenvalue weighted by Crippen LogP contribution is -2.19. The molecule has 0 aliphatic heterocycles. The van der Waals surface area contributed by atoms with Gasteiger partial charge in [-0.15, -0.1) is 5.10 Å². The van der Waals surface area contributed by atoms with Crippen LogP contribution in [0.5, 0.6) is 0 Å². The quantitative estimate of drug-likeness (QED) is 0.836. The van der Waals surface area contributed by atoms with Gasteiger partial charge in [0, 0.05) is 4.47 Å². The summed E-state index contributed by atoms with van der Waals surface area (Å²) in [6.07, 6.45) is 1.03. The molecular weight excluding hydrogens is 327 g/mol. The molecule has 2 N–H and O–H groups in total. The lowest BCUT2D eigenvalue weighted by molar-refractivity contribution is 0.424. The molecule has 1 heterocycles. The molecule has 2 rings (SSSR count). The van der Waals surface area contributed by atoms with E-state index in [1.807, 2.05) is 6.92 Å². The minimum atomic E-state index is -0.339. The van der Waals surface area contributed by atoms with Crippen molar-refractivity contribution >= 4 is 27.6 Å². The first-order valence-electron chi connectivity index (χ1n) is 6.39. The SMILES string of the molecule is CCCNC(C)c1nnc(Nc2cc(F)ccc2Br)o1. The number of hydrogen-bond donors (Lipinski definition) is 2. The first-order valence-corrected chi connectivity index (χ1v) is 7.18. The highest BCUT2D eigenvalue weighted by molar-refractivity contribution is 9.10. The van der Waals surface area contributed by atoms with Crippen LogP contribution in [0.25, 0.3) is 0 Å². The maximum absolute atomic E-state index is 13.2. The summed E-state index contributed by atoms with van der Waals surface area (Å²) in [7, 11) is 0. The zero-order valence-corrected chi connectivity index (χ0v) is 12.9. The van der Waals surface area contributed by atoms with E-state index < -0.39 is 0 Å². The first-order chi connectivity index (χ1) is 9.60.